The molecule has 0 aromatic heterocycles. The summed E-state index contributed by atoms with van der Waals surface area (Å²) in [5, 5.41) is 5.87. The van der Waals surface area contributed by atoms with Crippen LogP contribution in [0.5, 0.6) is 5.75 Å². The molecule has 2 aromatic carbocycles. The molecule has 9 heteroatoms. The normalized spacial score (nSPS) is 18.2. The molecular weight excluding hydrogens is 394 g/mol. The molecule has 8 nitrogen and oxygen atoms in total. The van der Waals surface area contributed by atoms with E-state index in [0.717, 1.165) is 0 Å². The summed E-state index contributed by atoms with van der Waals surface area (Å²) in [6.45, 7) is 1.84. The second-order valence-electron chi connectivity index (χ2n) is 7.11. The molecule has 0 amide bonds. The van der Waals surface area contributed by atoms with Crippen molar-refractivity contribution in [3.63, 3.8) is 0 Å². The van der Waals surface area contributed by atoms with Crippen LogP contribution in [0.25, 0.3) is 0 Å². The lowest BCUT2D eigenvalue weighted by molar-refractivity contribution is 0.0594. The van der Waals surface area contributed by atoms with E-state index in [1.165, 1.54) is 25.3 Å². The zero-order valence-electron chi connectivity index (χ0n) is 16.7. The Kier molecular flexibility index (Phi) is 5.52. The molecule has 2 aromatic rings. The van der Waals surface area contributed by atoms with E-state index in [9.17, 15) is 13.2 Å². The fourth-order valence-corrected chi connectivity index (χ4v) is 4.09. The number of ether oxygens (including phenoxy) is 2. The van der Waals surface area contributed by atoms with Crippen molar-refractivity contribution in [2.24, 2.45) is 5.10 Å². The van der Waals surface area contributed by atoms with Gasteiger partial charge in [-0.15, -0.1) is 0 Å². The third-order valence-electron chi connectivity index (χ3n) is 4.32. The molecule has 1 N–H and O–H groups in total. The summed E-state index contributed by atoms with van der Waals surface area (Å²) in [6.07, 6.45) is 2.08. The first-order valence-electron chi connectivity index (χ1n) is 8.88. The molecule has 1 heterocycles. The monoisotopic (exact) mass is 417 g/mol. The minimum absolute atomic E-state index is 0.124. The van der Waals surface area contributed by atoms with Crippen LogP contribution in [0.1, 0.15) is 22.8 Å². The number of hydrogen-bond donors (Lipinski definition) is 1. The number of sulfonamides is 1. The lowest BCUT2D eigenvalue weighted by atomic mass is 9.99. The van der Waals surface area contributed by atoms with E-state index in [1.54, 1.807) is 49.6 Å². The Morgan fingerprint density at radius 1 is 1.28 bits per heavy atom. The molecule has 1 unspecified atom stereocenters. The summed E-state index contributed by atoms with van der Waals surface area (Å²) < 4.78 is 38.7. The smallest absolute Gasteiger partial charge is 0.341 e. The molecule has 3 rings (SSSR count). The minimum atomic E-state index is -3.81. The Balaban J connectivity index is 2.00. The van der Waals surface area contributed by atoms with Gasteiger partial charge in [0.2, 0.25) is 0 Å². The van der Waals surface area contributed by atoms with Crippen LogP contribution in [0.3, 0.4) is 0 Å². The van der Waals surface area contributed by atoms with Gasteiger partial charge in [0.25, 0.3) is 10.0 Å². The van der Waals surface area contributed by atoms with Gasteiger partial charge in [-0.05, 0) is 31.2 Å². The molecular formula is C20H23N3O5S. The van der Waals surface area contributed by atoms with Gasteiger partial charge < -0.3 is 14.5 Å². The second-order valence-corrected chi connectivity index (χ2v) is 8.79. The quantitative estimate of drug-likeness (QED) is 0.441. The van der Waals surface area contributed by atoms with Gasteiger partial charge in [0.1, 0.15) is 16.9 Å². The number of rotatable bonds is 6. The molecule has 0 saturated carbocycles. The molecule has 0 saturated heterocycles. The average Bonchev–Trinajstić information content (AvgIpc) is 3.02. The van der Waals surface area contributed by atoms with E-state index in [1.807, 2.05) is 6.92 Å². The predicted molar refractivity (Wildman–Crippen MR) is 110 cm³/mol. The summed E-state index contributed by atoms with van der Waals surface area (Å²) >= 11 is 0. The maximum absolute atomic E-state index is 12.7. The number of esters is 1. The van der Waals surface area contributed by atoms with Gasteiger partial charge in [0.05, 0.1) is 23.9 Å². The molecule has 1 aliphatic heterocycles. The minimum Gasteiger partial charge on any atom is -0.480 e. The van der Waals surface area contributed by atoms with Gasteiger partial charge >= 0.3 is 5.97 Å². The van der Waals surface area contributed by atoms with E-state index in [4.69, 9.17) is 9.47 Å². The fraction of sp³-hybridized carbons (Fsp3) is 0.300. The molecule has 0 radical (unpaired) electrons. The number of nitrogens with one attached hydrogen (secondary N) is 1. The summed E-state index contributed by atoms with van der Waals surface area (Å²) in [5.74, 6) is -0.247. The summed E-state index contributed by atoms with van der Waals surface area (Å²) in [7, 11) is 1.03. The number of carbonyl (C=O) groups excluding carboxylic acids is 1. The van der Waals surface area contributed by atoms with Crippen molar-refractivity contribution in [1.29, 1.82) is 0 Å². The van der Waals surface area contributed by atoms with Crippen LogP contribution in [-0.4, -0.2) is 52.4 Å². The standard InChI is InChI=1S/C20H23N3O5S/c1-20(13-21-23(2)3)12-14-10-15(11-17(18(14)28-20)19(24)27-4)22-29(25,26)16-8-6-5-7-9-16/h5-11,13,22H,12H2,1-4H3/b21-13+. The van der Waals surface area contributed by atoms with Crippen LogP contribution < -0.4 is 9.46 Å². The first-order chi connectivity index (χ1) is 13.6. The van der Waals surface area contributed by atoms with Crippen molar-refractivity contribution in [3.8, 4) is 5.75 Å². The fourth-order valence-electron chi connectivity index (χ4n) is 3.03. The van der Waals surface area contributed by atoms with Crippen molar-refractivity contribution in [2.45, 2.75) is 23.8 Å². The number of nitrogens with zero attached hydrogens (tertiary/aromatic N) is 2. The molecule has 29 heavy (non-hydrogen) atoms. The Hall–Kier alpha value is -3.07. The predicted octanol–water partition coefficient (Wildman–Crippen LogP) is 2.52. The largest absolute Gasteiger partial charge is 0.480 e. The maximum atomic E-state index is 12.7. The van der Waals surface area contributed by atoms with Crippen LogP contribution in [0.2, 0.25) is 0 Å². The average molecular weight is 417 g/mol. The van der Waals surface area contributed by atoms with E-state index < -0.39 is 21.6 Å². The Labute approximate surface area is 170 Å². The lowest BCUT2D eigenvalue weighted by Crippen LogP contribution is -2.33. The zero-order chi connectivity index (χ0) is 21.2. The molecule has 154 valence electrons. The van der Waals surface area contributed by atoms with Crippen LogP contribution in [0.4, 0.5) is 5.69 Å². The molecule has 0 spiro atoms. The van der Waals surface area contributed by atoms with E-state index >= 15 is 0 Å². The molecule has 0 bridgehead atoms. The van der Waals surface area contributed by atoms with Gasteiger partial charge in [0.15, 0.2) is 0 Å². The van der Waals surface area contributed by atoms with Gasteiger partial charge in [-0.25, -0.2) is 13.2 Å². The highest BCUT2D eigenvalue weighted by molar-refractivity contribution is 7.92. The second kappa shape index (κ2) is 7.75. The van der Waals surface area contributed by atoms with Crippen molar-refractivity contribution < 1.29 is 22.7 Å². The third kappa shape index (κ3) is 4.51. The molecule has 0 fully saturated rings. The highest BCUT2D eigenvalue weighted by atomic mass is 32.2. The molecule has 1 aliphatic rings. The SMILES string of the molecule is COC(=O)c1cc(NS(=O)(=O)c2ccccc2)cc2c1OC(C)(/C=N/N(C)C)C2. The van der Waals surface area contributed by atoms with Gasteiger partial charge in [-0.2, -0.15) is 5.10 Å². The van der Waals surface area contributed by atoms with Crippen molar-refractivity contribution in [2.75, 3.05) is 25.9 Å². The summed E-state index contributed by atoms with van der Waals surface area (Å²) in [5.41, 5.74) is 0.321. The van der Waals surface area contributed by atoms with Gasteiger partial charge in [0, 0.05) is 26.1 Å². The number of carbonyl (C=O) groups is 1. The topological polar surface area (TPSA) is 97.3 Å². The van der Waals surface area contributed by atoms with Crippen LogP contribution in [0, 0.1) is 0 Å². The van der Waals surface area contributed by atoms with Gasteiger partial charge in [-0.1, -0.05) is 18.2 Å². The summed E-state index contributed by atoms with van der Waals surface area (Å²) in [6, 6.07) is 11.1. The van der Waals surface area contributed by atoms with Crippen molar-refractivity contribution in [3.05, 3.63) is 53.6 Å². The number of hydrazone groups is 1. The highest BCUT2D eigenvalue weighted by Gasteiger charge is 2.37. The van der Waals surface area contributed by atoms with Crippen LogP contribution in [-0.2, 0) is 21.2 Å². The number of anilines is 1. The van der Waals surface area contributed by atoms with E-state index in [2.05, 4.69) is 9.82 Å². The van der Waals surface area contributed by atoms with Crippen LogP contribution in [0.15, 0.2) is 52.5 Å². The first-order valence-corrected chi connectivity index (χ1v) is 10.4. The lowest BCUT2D eigenvalue weighted by Gasteiger charge is -2.19. The third-order valence-corrected chi connectivity index (χ3v) is 5.71. The highest BCUT2D eigenvalue weighted by Crippen LogP contribution is 2.40. The number of hydrogen-bond acceptors (Lipinski definition) is 7. The Morgan fingerprint density at radius 3 is 2.59 bits per heavy atom. The van der Waals surface area contributed by atoms with E-state index in [-0.39, 0.29) is 16.1 Å². The number of fused-ring (bicyclic) bond motifs is 1. The number of methoxy groups -OCH3 is 1. The summed E-state index contributed by atoms with van der Waals surface area (Å²) in [4.78, 5) is 12.4. The Morgan fingerprint density at radius 2 is 1.97 bits per heavy atom. The van der Waals surface area contributed by atoms with Crippen molar-refractivity contribution in [1.82, 2.24) is 5.01 Å². The van der Waals surface area contributed by atoms with Crippen molar-refractivity contribution >= 4 is 27.9 Å². The molecule has 1 atom stereocenters. The van der Waals surface area contributed by atoms with Crippen LogP contribution >= 0.6 is 0 Å². The Bertz CT molecular complexity index is 1050. The first kappa shape index (κ1) is 20.7. The number of benzene rings is 2. The zero-order valence-corrected chi connectivity index (χ0v) is 17.5. The van der Waals surface area contributed by atoms with E-state index in [0.29, 0.717) is 17.7 Å². The van der Waals surface area contributed by atoms with Gasteiger partial charge in [-0.3, -0.25) is 4.72 Å². The maximum Gasteiger partial charge on any atom is 0.341 e. The molecule has 0 aliphatic carbocycles.